The molecule has 1 atom stereocenters. The molecule has 0 radical (unpaired) electrons. The first-order valence-corrected chi connectivity index (χ1v) is 7.95. The highest BCUT2D eigenvalue weighted by atomic mass is 16.2. The van der Waals surface area contributed by atoms with Crippen LogP contribution in [0.25, 0.3) is 10.9 Å². The van der Waals surface area contributed by atoms with Gasteiger partial charge in [-0.1, -0.05) is 19.1 Å². The quantitative estimate of drug-likeness (QED) is 0.912. The monoisotopic (exact) mass is 314 g/mol. The van der Waals surface area contributed by atoms with Gasteiger partial charge < -0.3 is 10.6 Å². The molecule has 1 fully saturated rings. The lowest BCUT2D eigenvalue weighted by atomic mass is 9.90. The SMILES string of the molecule is CC1(CN)CCN(C(=O)CCn2ncc(=O)c3ccccc32)C1. The van der Waals surface area contributed by atoms with Crippen molar-refractivity contribution in [1.82, 2.24) is 14.7 Å². The molecule has 2 heterocycles. The third-order valence-electron chi connectivity index (χ3n) is 4.70. The molecule has 1 amide bonds. The van der Waals surface area contributed by atoms with Crippen LogP contribution in [-0.2, 0) is 11.3 Å². The molecule has 1 aliphatic rings. The Bertz CT molecular complexity index is 786. The van der Waals surface area contributed by atoms with Crippen LogP contribution in [0.4, 0.5) is 0 Å². The standard InChI is InChI=1S/C17H22N4O2/c1-17(11-18)7-9-20(12-17)16(23)6-8-21-14-5-3-2-4-13(14)15(22)10-19-21/h2-5,10H,6-9,11-12,18H2,1H3. The van der Waals surface area contributed by atoms with E-state index in [2.05, 4.69) is 12.0 Å². The van der Waals surface area contributed by atoms with Gasteiger partial charge in [0.15, 0.2) is 0 Å². The maximum atomic E-state index is 12.4. The second-order valence-corrected chi connectivity index (χ2v) is 6.58. The summed E-state index contributed by atoms with van der Waals surface area (Å²) in [6.07, 6.45) is 2.64. The van der Waals surface area contributed by atoms with Crippen molar-refractivity contribution in [2.75, 3.05) is 19.6 Å². The minimum Gasteiger partial charge on any atom is -0.342 e. The predicted octanol–water partition coefficient (Wildman–Crippen LogP) is 0.984. The highest BCUT2D eigenvalue weighted by Crippen LogP contribution is 2.28. The Balaban J connectivity index is 1.71. The summed E-state index contributed by atoms with van der Waals surface area (Å²) < 4.78 is 1.73. The van der Waals surface area contributed by atoms with E-state index in [9.17, 15) is 9.59 Å². The highest BCUT2D eigenvalue weighted by molar-refractivity contribution is 5.79. The lowest BCUT2D eigenvalue weighted by Gasteiger charge is -2.22. The minimum atomic E-state index is -0.0959. The Kier molecular flexibility index (Phi) is 4.17. The Hall–Kier alpha value is -2.21. The topological polar surface area (TPSA) is 81.2 Å². The molecule has 1 aromatic heterocycles. The summed E-state index contributed by atoms with van der Waals surface area (Å²) in [6, 6.07) is 7.34. The number of carbonyl (C=O) groups is 1. The average Bonchev–Trinajstić information content (AvgIpc) is 2.97. The van der Waals surface area contributed by atoms with Gasteiger partial charge in [0.2, 0.25) is 11.3 Å². The number of rotatable bonds is 4. The number of para-hydroxylation sites is 1. The maximum absolute atomic E-state index is 12.4. The van der Waals surface area contributed by atoms with E-state index in [1.165, 1.54) is 6.20 Å². The van der Waals surface area contributed by atoms with Crippen molar-refractivity contribution in [3.63, 3.8) is 0 Å². The van der Waals surface area contributed by atoms with Crippen molar-refractivity contribution in [3.05, 3.63) is 40.7 Å². The van der Waals surface area contributed by atoms with Crippen molar-refractivity contribution in [2.24, 2.45) is 11.1 Å². The van der Waals surface area contributed by atoms with Crippen LogP contribution in [-0.4, -0.2) is 40.2 Å². The lowest BCUT2D eigenvalue weighted by molar-refractivity contribution is -0.130. The number of carbonyl (C=O) groups excluding carboxylic acids is 1. The molecule has 0 bridgehead atoms. The van der Waals surface area contributed by atoms with Crippen LogP contribution in [0.1, 0.15) is 19.8 Å². The van der Waals surface area contributed by atoms with Crippen molar-refractivity contribution in [2.45, 2.75) is 26.3 Å². The Morgan fingerprint density at radius 1 is 1.39 bits per heavy atom. The van der Waals surface area contributed by atoms with Crippen molar-refractivity contribution < 1.29 is 4.79 Å². The number of fused-ring (bicyclic) bond motifs is 1. The molecule has 2 N–H and O–H groups in total. The molecule has 1 aromatic carbocycles. The molecule has 1 unspecified atom stereocenters. The molecule has 1 saturated heterocycles. The van der Waals surface area contributed by atoms with E-state index in [1.54, 1.807) is 10.7 Å². The van der Waals surface area contributed by atoms with Gasteiger partial charge in [-0.3, -0.25) is 14.3 Å². The maximum Gasteiger partial charge on any atom is 0.224 e. The molecule has 0 spiro atoms. The second-order valence-electron chi connectivity index (χ2n) is 6.58. The lowest BCUT2D eigenvalue weighted by Crippen LogP contribution is -2.35. The summed E-state index contributed by atoms with van der Waals surface area (Å²) in [5.74, 6) is 0.117. The van der Waals surface area contributed by atoms with Crippen molar-refractivity contribution in [1.29, 1.82) is 0 Å². The average molecular weight is 314 g/mol. The summed E-state index contributed by atoms with van der Waals surface area (Å²) in [5, 5.41) is 4.79. The smallest absolute Gasteiger partial charge is 0.224 e. The zero-order valence-corrected chi connectivity index (χ0v) is 13.4. The Labute approximate surface area is 134 Å². The van der Waals surface area contributed by atoms with Gasteiger partial charge in [-0.05, 0) is 30.5 Å². The van der Waals surface area contributed by atoms with Gasteiger partial charge in [-0.2, -0.15) is 5.10 Å². The third kappa shape index (κ3) is 3.12. The van der Waals surface area contributed by atoms with Crippen LogP contribution in [0.2, 0.25) is 0 Å². The largest absolute Gasteiger partial charge is 0.342 e. The van der Waals surface area contributed by atoms with Gasteiger partial charge in [0.05, 0.1) is 18.3 Å². The Morgan fingerprint density at radius 2 is 2.17 bits per heavy atom. The molecule has 2 aromatic rings. The van der Waals surface area contributed by atoms with Gasteiger partial charge in [0, 0.05) is 24.9 Å². The fraction of sp³-hybridized carbons (Fsp3) is 0.471. The zero-order valence-electron chi connectivity index (χ0n) is 13.4. The molecular formula is C17H22N4O2. The van der Waals surface area contributed by atoms with E-state index in [0.717, 1.165) is 25.0 Å². The molecule has 0 saturated carbocycles. The van der Waals surface area contributed by atoms with Crippen LogP contribution in [0.15, 0.2) is 35.3 Å². The molecule has 3 rings (SSSR count). The fourth-order valence-electron chi connectivity index (χ4n) is 3.10. The first kappa shape index (κ1) is 15.7. The van der Waals surface area contributed by atoms with Gasteiger partial charge in [-0.15, -0.1) is 0 Å². The summed E-state index contributed by atoms with van der Waals surface area (Å²) >= 11 is 0. The van der Waals surface area contributed by atoms with E-state index >= 15 is 0 Å². The Morgan fingerprint density at radius 3 is 2.91 bits per heavy atom. The fourth-order valence-corrected chi connectivity index (χ4v) is 3.10. The molecule has 0 aliphatic carbocycles. The number of hydrogen-bond acceptors (Lipinski definition) is 4. The first-order valence-electron chi connectivity index (χ1n) is 7.95. The normalized spacial score (nSPS) is 21.0. The van der Waals surface area contributed by atoms with E-state index in [1.807, 2.05) is 23.1 Å². The molecule has 6 nitrogen and oxygen atoms in total. The summed E-state index contributed by atoms with van der Waals surface area (Å²) in [7, 11) is 0. The molecule has 23 heavy (non-hydrogen) atoms. The van der Waals surface area contributed by atoms with E-state index in [0.29, 0.717) is 24.9 Å². The van der Waals surface area contributed by atoms with Crippen LogP contribution in [0, 0.1) is 5.41 Å². The molecule has 1 aliphatic heterocycles. The number of nitrogens with two attached hydrogens (primary N) is 1. The van der Waals surface area contributed by atoms with Crippen LogP contribution < -0.4 is 11.2 Å². The van der Waals surface area contributed by atoms with Crippen LogP contribution in [0.3, 0.4) is 0 Å². The molecule has 6 heteroatoms. The summed E-state index contributed by atoms with van der Waals surface area (Å²) in [5.41, 5.74) is 6.50. The number of aromatic nitrogens is 2. The highest BCUT2D eigenvalue weighted by Gasteiger charge is 2.34. The van der Waals surface area contributed by atoms with E-state index in [4.69, 9.17) is 5.73 Å². The number of amides is 1. The van der Waals surface area contributed by atoms with Gasteiger partial charge in [0.1, 0.15) is 0 Å². The third-order valence-corrected chi connectivity index (χ3v) is 4.70. The number of aryl methyl sites for hydroxylation is 1. The predicted molar refractivity (Wildman–Crippen MR) is 89.0 cm³/mol. The second kappa shape index (κ2) is 6.12. The number of benzene rings is 1. The number of hydrogen-bond donors (Lipinski definition) is 1. The van der Waals surface area contributed by atoms with Crippen molar-refractivity contribution >= 4 is 16.8 Å². The first-order chi connectivity index (χ1) is 11.0. The number of nitrogens with zero attached hydrogens (tertiary/aromatic N) is 3. The molecular weight excluding hydrogens is 292 g/mol. The van der Waals surface area contributed by atoms with Gasteiger partial charge in [-0.25, -0.2) is 0 Å². The zero-order chi connectivity index (χ0) is 16.4. The molecule has 122 valence electrons. The summed E-state index contributed by atoms with van der Waals surface area (Å²) in [6.45, 7) is 4.68. The van der Waals surface area contributed by atoms with Gasteiger partial charge >= 0.3 is 0 Å². The van der Waals surface area contributed by atoms with E-state index < -0.39 is 0 Å². The summed E-state index contributed by atoms with van der Waals surface area (Å²) in [4.78, 5) is 26.1. The van der Waals surface area contributed by atoms with Crippen LogP contribution in [0.5, 0.6) is 0 Å². The van der Waals surface area contributed by atoms with Gasteiger partial charge in [0.25, 0.3) is 0 Å². The minimum absolute atomic E-state index is 0.0396. The van der Waals surface area contributed by atoms with E-state index in [-0.39, 0.29) is 16.8 Å². The van der Waals surface area contributed by atoms with Crippen molar-refractivity contribution in [3.8, 4) is 0 Å². The number of likely N-dealkylation sites (tertiary alicyclic amines) is 1. The van der Waals surface area contributed by atoms with Crippen LogP contribution >= 0.6 is 0 Å².